The first-order valence-electron chi connectivity index (χ1n) is 10.1. The lowest BCUT2D eigenvalue weighted by Gasteiger charge is -2.30. The highest BCUT2D eigenvalue weighted by atomic mass is 16.5. The summed E-state index contributed by atoms with van der Waals surface area (Å²) in [6, 6.07) is 3.95. The molecule has 0 aromatic carbocycles. The molecule has 0 atom stereocenters. The highest BCUT2D eigenvalue weighted by molar-refractivity contribution is 5.45. The maximum atomic E-state index is 5.45. The number of hydrogen-bond acceptors (Lipinski definition) is 8. The zero-order valence-electron chi connectivity index (χ0n) is 16.5. The van der Waals surface area contributed by atoms with Crippen molar-refractivity contribution in [1.29, 1.82) is 0 Å². The van der Waals surface area contributed by atoms with E-state index in [-0.39, 0.29) is 0 Å². The van der Waals surface area contributed by atoms with Crippen LogP contribution in [0.3, 0.4) is 0 Å². The van der Waals surface area contributed by atoms with Gasteiger partial charge in [-0.15, -0.1) is 15.3 Å². The van der Waals surface area contributed by atoms with Crippen molar-refractivity contribution in [3.63, 3.8) is 0 Å². The zero-order valence-corrected chi connectivity index (χ0v) is 16.5. The van der Waals surface area contributed by atoms with Gasteiger partial charge in [-0.2, -0.15) is 9.50 Å². The summed E-state index contributed by atoms with van der Waals surface area (Å²) in [5.74, 6) is 4.37. The normalized spacial score (nSPS) is 19.2. The number of fused-ring (bicyclic) bond motifs is 1. The van der Waals surface area contributed by atoms with Crippen molar-refractivity contribution in [2.45, 2.75) is 50.5 Å². The van der Waals surface area contributed by atoms with E-state index in [1.807, 2.05) is 35.6 Å². The minimum absolute atomic E-state index is 0.368. The third-order valence-corrected chi connectivity index (χ3v) is 5.99. The third-order valence-electron chi connectivity index (χ3n) is 5.99. The van der Waals surface area contributed by atoms with Crippen LogP contribution in [-0.4, -0.2) is 62.0 Å². The maximum absolute atomic E-state index is 5.45. The average Bonchev–Trinajstić information content (AvgIpc) is 3.27. The van der Waals surface area contributed by atoms with Gasteiger partial charge in [-0.3, -0.25) is 4.90 Å². The van der Waals surface area contributed by atoms with E-state index in [2.05, 4.69) is 25.2 Å². The van der Waals surface area contributed by atoms with E-state index in [1.54, 1.807) is 0 Å². The molecule has 5 rings (SSSR count). The largest absolute Gasteiger partial charge is 0.361 e. The summed E-state index contributed by atoms with van der Waals surface area (Å²) >= 11 is 0. The molecule has 1 saturated heterocycles. The Morgan fingerprint density at radius 1 is 1.07 bits per heavy atom. The molecular formula is C19H26N8O. The molecule has 0 N–H and O–H groups in total. The van der Waals surface area contributed by atoms with E-state index in [0.717, 1.165) is 61.5 Å². The Hall–Kier alpha value is -2.55. The summed E-state index contributed by atoms with van der Waals surface area (Å²) in [6.07, 6.45) is 5.70. The van der Waals surface area contributed by atoms with E-state index in [9.17, 15) is 0 Å². The highest BCUT2D eigenvalue weighted by Gasteiger charge is 2.28. The lowest BCUT2D eigenvalue weighted by molar-refractivity contribution is 0.194. The molecule has 28 heavy (non-hydrogen) atoms. The van der Waals surface area contributed by atoms with Gasteiger partial charge in [-0.25, -0.2) is 0 Å². The number of anilines is 1. The smallest absolute Gasteiger partial charge is 0.229 e. The molecule has 9 heteroatoms. The standard InChI is InChI=1S/C19H26N8O/c1-25(2)17-7-6-16-21-22-18(27(16)23-17)13-8-10-26(11-9-13)12-15-20-19(28-24-15)14-4-3-5-14/h6-7,13-14H,3-5,8-12H2,1-2H3. The van der Waals surface area contributed by atoms with Crippen LogP contribution >= 0.6 is 0 Å². The molecule has 2 fully saturated rings. The zero-order chi connectivity index (χ0) is 19.1. The van der Waals surface area contributed by atoms with Crippen LogP contribution in [0, 0.1) is 0 Å². The van der Waals surface area contributed by atoms with Gasteiger partial charge in [0.2, 0.25) is 5.89 Å². The Bertz CT molecular complexity index is 952. The number of rotatable bonds is 5. The van der Waals surface area contributed by atoms with Crippen molar-refractivity contribution in [2.24, 2.45) is 0 Å². The summed E-state index contributed by atoms with van der Waals surface area (Å²) in [5.41, 5.74) is 0.804. The second kappa shape index (κ2) is 7.12. The number of aromatic nitrogens is 6. The van der Waals surface area contributed by atoms with Crippen molar-refractivity contribution in [3.05, 3.63) is 29.7 Å². The summed E-state index contributed by atoms with van der Waals surface area (Å²) in [5, 5.41) is 17.6. The molecule has 4 heterocycles. The molecule has 0 spiro atoms. The second-order valence-electron chi connectivity index (χ2n) is 8.14. The fourth-order valence-electron chi connectivity index (χ4n) is 3.99. The van der Waals surface area contributed by atoms with Crippen molar-refractivity contribution in [1.82, 2.24) is 34.9 Å². The molecular weight excluding hydrogens is 356 g/mol. The number of nitrogens with zero attached hydrogens (tertiary/aromatic N) is 8. The van der Waals surface area contributed by atoms with Gasteiger partial charge in [0.15, 0.2) is 17.3 Å². The van der Waals surface area contributed by atoms with Crippen molar-refractivity contribution in [3.8, 4) is 0 Å². The van der Waals surface area contributed by atoms with Gasteiger partial charge in [0, 0.05) is 25.9 Å². The van der Waals surface area contributed by atoms with Crippen LogP contribution in [0.4, 0.5) is 5.82 Å². The Morgan fingerprint density at radius 2 is 1.89 bits per heavy atom. The van der Waals surface area contributed by atoms with Gasteiger partial charge in [0.1, 0.15) is 5.82 Å². The molecule has 1 aliphatic carbocycles. The van der Waals surface area contributed by atoms with E-state index in [4.69, 9.17) is 9.62 Å². The van der Waals surface area contributed by atoms with Gasteiger partial charge in [-0.05, 0) is 50.9 Å². The molecule has 0 unspecified atom stereocenters. The van der Waals surface area contributed by atoms with Gasteiger partial charge in [0.25, 0.3) is 0 Å². The minimum Gasteiger partial charge on any atom is -0.361 e. The fourth-order valence-corrected chi connectivity index (χ4v) is 3.99. The number of likely N-dealkylation sites (tertiary alicyclic amines) is 1. The lowest BCUT2D eigenvalue weighted by atomic mass is 9.85. The quantitative estimate of drug-likeness (QED) is 0.664. The number of hydrogen-bond donors (Lipinski definition) is 0. The predicted molar refractivity (Wildman–Crippen MR) is 103 cm³/mol. The van der Waals surface area contributed by atoms with Crippen LogP contribution in [-0.2, 0) is 6.54 Å². The summed E-state index contributed by atoms with van der Waals surface area (Å²) < 4.78 is 7.35. The van der Waals surface area contributed by atoms with Crippen LogP contribution in [0.25, 0.3) is 5.65 Å². The Labute approximate surface area is 163 Å². The van der Waals surface area contributed by atoms with Crippen molar-refractivity contribution in [2.75, 3.05) is 32.1 Å². The summed E-state index contributed by atoms with van der Waals surface area (Å²) in [4.78, 5) is 8.99. The first-order chi connectivity index (χ1) is 13.7. The van der Waals surface area contributed by atoms with Crippen LogP contribution in [0.15, 0.2) is 16.7 Å². The Balaban J connectivity index is 1.24. The summed E-state index contributed by atoms with van der Waals surface area (Å²) in [6.45, 7) is 2.73. The Morgan fingerprint density at radius 3 is 2.61 bits per heavy atom. The monoisotopic (exact) mass is 382 g/mol. The first kappa shape index (κ1) is 17.5. The molecule has 0 radical (unpaired) electrons. The predicted octanol–water partition coefficient (Wildman–Crippen LogP) is 2.22. The number of piperidine rings is 1. The topological polar surface area (TPSA) is 88.5 Å². The molecule has 1 saturated carbocycles. The molecule has 9 nitrogen and oxygen atoms in total. The molecule has 3 aromatic heterocycles. The average molecular weight is 382 g/mol. The first-order valence-corrected chi connectivity index (χ1v) is 10.1. The van der Waals surface area contributed by atoms with Gasteiger partial charge in [0.05, 0.1) is 6.54 Å². The Kier molecular flexibility index (Phi) is 4.46. The van der Waals surface area contributed by atoms with E-state index < -0.39 is 0 Å². The third kappa shape index (κ3) is 3.23. The van der Waals surface area contributed by atoms with Crippen molar-refractivity contribution < 1.29 is 4.52 Å². The SMILES string of the molecule is CN(C)c1ccc2nnc(C3CCN(Cc4noc(C5CCC5)n4)CC3)n2n1. The van der Waals surface area contributed by atoms with Crippen LogP contribution in [0.1, 0.15) is 61.5 Å². The highest BCUT2D eigenvalue weighted by Crippen LogP contribution is 2.35. The van der Waals surface area contributed by atoms with Gasteiger partial charge >= 0.3 is 0 Å². The molecule has 2 aliphatic rings. The fraction of sp³-hybridized carbons (Fsp3) is 0.632. The molecule has 148 valence electrons. The van der Waals surface area contributed by atoms with Gasteiger partial charge in [-0.1, -0.05) is 11.6 Å². The van der Waals surface area contributed by atoms with E-state index in [1.165, 1.54) is 19.3 Å². The second-order valence-corrected chi connectivity index (χ2v) is 8.14. The van der Waals surface area contributed by atoms with Crippen LogP contribution in [0.2, 0.25) is 0 Å². The van der Waals surface area contributed by atoms with Crippen LogP contribution < -0.4 is 4.90 Å². The van der Waals surface area contributed by atoms with Gasteiger partial charge < -0.3 is 9.42 Å². The molecule has 0 amide bonds. The van der Waals surface area contributed by atoms with E-state index >= 15 is 0 Å². The minimum atomic E-state index is 0.368. The van der Waals surface area contributed by atoms with Crippen LogP contribution in [0.5, 0.6) is 0 Å². The summed E-state index contributed by atoms with van der Waals surface area (Å²) in [7, 11) is 3.98. The molecule has 0 bridgehead atoms. The molecule has 3 aromatic rings. The molecule has 1 aliphatic heterocycles. The maximum Gasteiger partial charge on any atom is 0.229 e. The lowest BCUT2D eigenvalue weighted by Crippen LogP contribution is -2.33. The van der Waals surface area contributed by atoms with Crippen molar-refractivity contribution >= 4 is 11.5 Å². The van der Waals surface area contributed by atoms with E-state index in [0.29, 0.717) is 11.8 Å².